The lowest BCUT2D eigenvalue weighted by atomic mass is 9.95. The van der Waals surface area contributed by atoms with Crippen molar-refractivity contribution in [2.75, 3.05) is 0 Å². The van der Waals surface area contributed by atoms with Gasteiger partial charge in [-0.05, 0) is 65.0 Å². The van der Waals surface area contributed by atoms with Crippen LogP contribution in [0.3, 0.4) is 0 Å². The van der Waals surface area contributed by atoms with Gasteiger partial charge in [0.15, 0.2) is 0 Å². The van der Waals surface area contributed by atoms with E-state index in [2.05, 4.69) is 48.0 Å². The number of rotatable bonds is 3. The Morgan fingerprint density at radius 1 is 1.16 bits per heavy atom. The first-order chi connectivity index (χ1) is 8.97. The van der Waals surface area contributed by atoms with Crippen LogP contribution in [0, 0.1) is 19.7 Å². The molecule has 0 fully saturated rings. The van der Waals surface area contributed by atoms with Crippen LogP contribution in [-0.2, 0) is 6.42 Å². The quantitative estimate of drug-likeness (QED) is 0.888. The minimum absolute atomic E-state index is 0.192. The number of hydrogen-bond acceptors (Lipinski definition) is 1. The highest BCUT2D eigenvalue weighted by Crippen LogP contribution is 2.23. The fourth-order valence-corrected chi connectivity index (χ4v) is 2.36. The molecule has 2 N–H and O–H groups in total. The summed E-state index contributed by atoms with van der Waals surface area (Å²) >= 11 is 3.15. The zero-order chi connectivity index (χ0) is 14.0. The molecule has 1 nitrogen and oxygen atoms in total. The van der Waals surface area contributed by atoms with E-state index in [9.17, 15) is 4.39 Å². The zero-order valence-corrected chi connectivity index (χ0v) is 12.7. The molecule has 1 unspecified atom stereocenters. The van der Waals surface area contributed by atoms with Gasteiger partial charge < -0.3 is 5.73 Å². The summed E-state index contributed by atoms with van der Waals surface area (Å²) in [5, 5.41) is 0. The molecule has 100 valence electrons. The van der Waals surface area contributed by atoms with Gasteiger partial charge in [-0.15, -0.1) is 0 Å². The van der Waals surface area contributed by atoms with Crippen LogP contribution < -0.4 is 5.73 Å². The maximum Gasteiger partial charge on any atom is 0.137 e. The van der Waals surface area contributed by atoms with E-state index in [-0.39, 0.29) is 11.9 Å². The second kappa shape index (κ2) is 5.85. The predicted molar refractivity (Wildman–Crippen MR) is 80.6 cm³/mol. The molecule has 2 aromatic rings. The molecule has 3 heteroatoms. The predicted octanol–water partition coefficient (Wildman–Crippen LogP) is 4.45. The van der Waals surface area contributed by atoms with Gasteiger partial charge in [-0.2, -0.15) is 0 Å². The molecule has 0 heterocycles. The van der Waals surface area contributed by atoms with Crippen molar-refractivity contribution in [3.8, 4) is 0 Å². The van der Waals surface area contributed by atoms with Crippen LogP contribution in [0.25, 0.3) is 0 Å². The third kappa shape index (κ3) is 3.43. The molecular weight excluding hydrogens is 305 g/mol. The van der Waals surface area contributed by atoms with E-state index in [0.717, 1.165) is 5.56 Å². The van der Waals surface area contributed by atoms with Gasteiger partial charge in [0.2, 0.25) is 0 Å². The first-order valence-electron chi connectivity index (χ1n) is 6.24. The third-order valence-corrected chi connectivity index (χ3v) is 3.96. The van der Waals surface area contributed by atoms with E-state index in [1.54, 1.807) is 6.07 Å². The summed E-state index contributed by atoms with van der Waals surface area (Å²) in [5.41, 5.74) is 10.7. The average molecular weight is 322 g/mol. The highest BCUT2D eigenvalue weighted by atomic mass is 79.9. The standard InChI is InChI=1S/C16H17BrFN/c1-10-3-4-11(2)13(7-10)9-16(19)12-5-6-14(17)15(18)8-12/h3-8,16H,9,19H2,1-2H3. The Morgan fingerprint density at radius 2 is 1.89 bits per heavy atom. The lowest BCUT2D eigenvalue weighted by Gasteiger charge is -2.15. The van der Waals surface area contributed by atoms with E-state index < -0.39 is 0 Å². The fourth-order valence-electron chi connectivity index (χ4n) is 2.12. The maximum absolute atomic E-state index is 13.5. The van der Waals surface area contributed by atoms with E-state index in [1.807, 2.05) is 6.07 Å². The molecule has 0 aliphatic heterocycles. The Labute approximate surface area is 121 Å². The molecule has 0 aromatic heterocycles. The summed E-state index contributed by atoms with van der Waals surface area (Å²) in [7, 11) is 0. The SMILES string of the molecule is Cc1ccc(C)c(CC(N)c2ccc(Br)c(F)c2)c1. The van der Waals surface area contributed by atoms with Gasteiger partial charge in [0, 0.05) is 6.04 Å². The maximum atomic E-state index is 13.5. The lowest BCUT2D eigenvalue weighted by Crippen LogP contribution is -2.14. The second-order valence-electron chi connectivity index (χ2n) is 4.91. The van der Waals surface area contributed by atoms with Crippen LogP contribution in [0.5, 0.6) is 0 Å². The molecular formula is C16H17BrFN. The molecule has 2 rings (SSSR count). The van der Waals surface area contributed by atoms with Crippen LogP contribution >= 0.6 is 15.9 Å². The molecule has 1 atom stereocenters. The van der Waals surface area contributed by atoms with Crippen LogP contribution in [0.4, 0.5) is 4.39 Å². The summed E-state index contributed by atoms with van der Waals surface area (Å²) in [4.78, 5) is 0. The van der Waals surface area contributed by atoms with Crippen molar-refractivity contribution in [3.05, 3.63) is 68.9 Å². The minimum Gasteiger partial charge on any atom is -0.324 e. The van der Waals surface area contributed by atoms with E-state index >= 15 is 0 Å². The van der Waals surface area contributed by atoms with Crippen LogP contribution in [-0.4, -0.2) is 0 Å². The molecule has 0 amide bonds. The summed E-state index contributed by atoms with van der Waals surface area (Å²) in [5.74, 6) is -0.270. The number of aryl methyl sites for hydroxylation is 2. The number of nitrogens with two attached hydrogens (primary N) is 1. The van der Waals surface area contributed by atoms with Gasteiger partial charge >= 0.3 is 0 Å². The molecule has 0 saturated carbocycles. The molecule has 0 aliphatic rings. The monoisotopic (exact) mass is 321 g/mol. The number of benzene rings is 2. The highest BCUT2D eigenvalue weighted by Gasteiger charge is 2.11. The van der Waals surface area contributed by atoms with Crippen molar-refractivity contribution in [2.24, 2.45) is 5.73 Å². The van der Waals surface area contributed by atoms with Crippen molar-refractivity contribution < 1.29 is 4.39 Å². The Hall–Kier alpha value is -1.19. The topological polar surface area (TPSA) is 26.0 Å². The summed E-state index contributed by atoms with van der Waals surface area (Å²) in [6.07, 6.45) is 0.717. The second-order valence-corrected chi connectivity index (χ2v) is 5.77. The minimum atomic E-state index is -0.270. The van der Waals surface area contributed by atoms with Crippen LogP contribution in [0.15, 0.2) is 40.9 Å². The van der Waals surface area contributed by atoms with E-state index in [0.29, 0.717) is 10.9 Å². The molecule has 19 heavy (non-hydrogen) atoms. The van der Waals surface area contributed by atoms with Gasteiger partial charge in [0.25, 0.3) is 0 Å². The average Bonchev–Trinajstić information content (AvgIpc) is 2.37. The van der Waals surface area contributed by atoms with Crippen molar-refractivity contribution in [3.63, 3.8) is 0 Å². The molecule has 0 aliphatic carbocycles. The Morgan fingerprint density at radius 3 is 2.58 bits per heavy atom. The van der Waals surface area contributed by atoms with Gasteiger partial charge in [0.05, 0.1) is 4.47 Å². The van der Waals surface area contributed by atoms with E-state index in [1.165, 1.54) is 22.8 Å². The molecule has 0 bridgehead atoms. The van der Waals surface area contributed by atoms with Crippen molar-refractivity contribution in [1.29, 1.82) is 0 Å². The Balaban J connectivity index is 2.22. The lowest BCUT2D eigenvalue weighted by molar-refractivity contribution is 0.612. The molecule has 0 saturated heterocycles. The first-order valence-corrected chi connectivity index (χ1v) is 7.03. The Bertz CT molecular complexity index is 595. The zero-order valence-electron chi connectivity index (χ0n) is 11.1. The summed E-state index contributed by atoms with van der Waals surface area (Å²) in [6, 6.07) is 11.2. The van der Waals surface area contributed by atoms with Gasteiger partial charge in [0.1, 0.15) is 5.82 Å². The smallest absolute Gasteiger partial charge is 0.137 e. The fraction of sp³-hybridized carbons (Fsp3) is 0.250. The highest BCUT2D eigenvalue weighted by molar-refractivity contribution is 9.10. The Kier molecular flexibility index (Phi) is 4.38. The van der Waals surface area contributed by atoms with Crippen molar-refractivity contribution >= 4 is 15.9 Å². The normalized spacial score (nSPS) is 12.5. The van der Waals surface area contributed by atoms with Gasteiger partial charge in [-0.1, -0.05) is 29.8 Å². The van der Waals surface area contributed by atoms with E-state index in [4.69, 9.17) is 5.73 Å². The van der Waals surface area contributed by atoms with Gasteiger partial charge in [-0.3, -0.25) is 0 Å². The number of hydrogen-bond donors (Lipinski definition) is 1. The van der Waals surface area contributed by atoms with Crippen molar-refractivity contribution in [2.45, 2.75) is 26.3 Å². The van der Waals surface area contributed by atoms with Gasteiger partial charge in [-0.25, -0.2) is 4.39 Å². The summed E-state index contributed by atoms with van der Waals surface area (Å²) < 4.78 is 14.0. The van der Waals surface area contributed by atoms with Crippen LogP contribution in [0.2, 0.25) is 0 Å². The molecule has 2 aromatic carbocycles. The molecule has 0 spiro atoms. The molecule has 0 radical (unpaired) electrons. The summed E-state index contributed by atoms with van der Waals surface area (Å²) in [6.45, 7) is 4.14. The van der Waals surface area contributed by atoms with Crippen LogP contribution in [0.1, 0.15) is 28.3 Å². The number of halogens is 2. The first kappa shape index (κ1) is 14.2. The van der Waals surface area contributed by atoms with Crippen molar-refractivity contribution in [1.82, 2.24) is 0 Å². The third-order valence-electron chi connectivity index (χ3n) is 3.32. The largest absolute Gasteiger partial charge is 0.324 e.